The summed E-state index contributed by atoms with van der Waals surface area (Å²) in [5, 5.41) is 10.2. The number of benzene rings is 2. The van der Waals surface area contributed by atoms with Crippen molar-refractivity contribution in [3.05, 3.63) is 89.0 Å². The van der Waals surface area contributed by atoms with Crippen LogP contribution in [0.15, 0.2) is 60.8 Å². The van der Waals surface area contributed by atoms with E-state index < -0.39 is 6.10 Å². The molecule has 2 aliphatic rings. The van der Waals surface area contributed by atoms with Crippen molar-refractivity contribution in [2.75, 3.05) is 0 Å². The maximum atomic E-state index is 10.2. The van der Waals surface area contributed by atoms with Crippen LogP contribution in [0.3, 0.4) is 0 Å². The first-order valence-electron chi connectivity index (χ1n) is 10.9. The van der Waals surface area contributed by atoms with E-state index in [1.807, 2.05) is 6.07 Å². The maximum Gasteiger partial charge on any atom is 0.157 e. The second-order valence-electron chi connectivity index (χ2n) is 8.80. The molecule has 0 saturated heterocycles. The zero-order valence-electron chi connectivity index (χ0n) is 17.4. The molecule has 1 unspecified atom stereocenters. The monoisotopic (exact) mass is 400 g/mol. The number of ether oxygens (including phenoxy) is 1. The molecule has 4 nitrogen and oxygen atoms in total. The molecular weight excluding hydrogens is 372 g/mol. The summed E-state index contributed by atoms with van der Waals surface area (Å²) in [6.45, 7) is 2.51. The van der Waals surface area contributed by atoms with Gasteiger partial charge in [-0.05, 0) is 67.9 Å². The van der Waals surface area contributed by atoms with Crippen molar-refractivity contribution < 1.29 is 9.84 Å². The minimum absolute atomic E-state index is 0.146. The van der Waals surface area contributed by atoms with Crippen LogP contribution in [0.1, 0.15) is 66.4 Å². The van der Waals surface area contributed by atoms with Crippen LogP contribution in [-0.4, -0.2) is 15.1 Å². The van der Waals surface area contributed by atoms with Crippen molar-refractivity contribution in [2.24, 2.45) is 5.92 Å². The van der Waals surface area contributed by atoms with Crippen molar-refractivity contribution in [2.45, 2.75) is 57.2 Å². The zero-order valence-corrected chi connectivity index (χ0v) is 17.4. The molecule has 2 aromatic carbocycles. The van der Waals surface area contributed by atoms with E-state index in [4.69, 9.17) is 4.74 Å². The first-order chi connectivity index (χ1) is 14.6. The van der Waals surface area contributed by atoms with Gasteiger partial charge in [0.1, 0.15) is 18.5 Å². The molecular formula is C26H28N2O2. The summed E-state index contributed by atoms with van der Waals surface area (Å²) >= 11 is 0. The summed E-state index contributed by atoms with van der Waals surface area (Å²) in [6, 6.07) is 19.4. The lowest BCUT2D eigenvalue weighted by Gasteiger charge is -2.43. The fourth-order valence-corrected chi connectivity index (χ4v) is 4.43. The number of aliphatic hydroxyl groups excluding tert-OH is 1. The average Bonchev–Trinajstić information content (AvgIpc) is 3.59. The molecule has 2 fully saturated rings. The van der Waals surface area contributed by atoms with Crippen molar-refractivity contribution in [1.29, 1.82) is 0 Å². The predicted molar refractivity (Wildman–Crippen MR) is 116 cm³/mol. The van der Waals surface area contributed by atoms with Gasteiger partial charge in [0.05, 0.1) is 5.69 Å². The Kier molecular flexibility index (Phi) is 5.03. The van der Waals surface area contributed by atoms with Crippen LogP contribution in [0.5, 0.6) is 5.75 Å². The molecule has 0 amide bonds. The molecule has 30 heavy (non-hydrogen) atoms. The number of aromatic nitrogens is 2. The first-order valence-corrected chi connectivity index (χ1v) is 10.9. The lowest BCUT2D eigenvalue weighted by atomic mass is 9.60. The van der Waals surface area contributed by atoms with E-state index in [9.17, 15) is 5.11 Å². The minimum Gasteiger partial charge on any atom is -0.487 e. The molecule has 0 bridgehead atoms. The first kappa shape index (κ1) is 19.3. The second kappa shape index (κ2) is 7.84. The molecule has 1 atom stereocenters. The van der Waals surface area contributed by atoms with Gasteiger partial charge in [-0.25, -0.2) is 9.97 Å². The third-order valence-electron chi connectivity index (χ3n) is 6.67. The Bertz CT molecular complexity index is 1010. The summed E-state index contributed by atoms with van der Waals surface area (Å²) in [5.41, 5.74) is 5.01. The van der Waals surface area contributed by atoms with Gasteiger partial charge < -0.3 is 9.84 Å². The van der Waals surface area contributed by atoms with Gasteiger partial charge in [0.25, 0.3) is 0 Å². The molecule has 5 rings (SSSR count). The van der Waals surface area contributed by atoms with E-state index in [0.717, 1.165) is 24.3 Å². The molecule has 0 radical (unpaired) electrons. The van der Waals surface area contributed by atoms with E-state index in [2.05, 4.69) is 65.4 Å². The fraction of sp³-hybridized carbons (Fsp3) is 0.385. The van der Waals surface area contributed by atoms with Gasteiger partial charge in [0.15, 0.2) is 5.82 Å². The summed E-state index contributed by atoms with van der Waals surface area (Å²) < 4.78 is 5.97. The Labute approximate surface area is 178 Å². The summed E-state index contributed by atoms with van der Waals surface area (Å²) in [7, 11) is 0. The molecule has 1 aromatic heterocycles. The Balaban J connectivity index is 1.27. The summed E-state index contributed by atoms with van der Waals surface area (Å²) in [6.07, 6.45) is 6.94. The molecule has 4 heteroatoms. The molecule has 154 valence electrons. The number of nitrogens with zero attached hydrogens (tertiary/aromatic N) is 2. The van der Waals surface area contributed by atoms with E-state index in [1.54, 1.807) is 6.20 Å². The maximum absolute atomic E-state index is 10.2. The average molecular weight is 401 g/mol. The summed E-state index contributed by atoms with van der Waals surface area (Å²) in [5.74, 6) is 1.67. The van der Waals surface area contributed by atoms with E-state index in [1.165, 1.54) is 36.0 Å². The smallest absolute Gasteiger partial charge is 0.157 e. The van der Waals surface area contributed by atoms with Crippen LogP contribution in [-0.2, 0) is 12.0 Å². The molecule has 2 saturated carbocycles. The van der Waals surface area contributed by atoms with E-state index in [-0.39, 0.29) is 5.41 Å². The van der Waals surface area contributed by atoms with Gasteiger partial charge >= 0.3 is 0 Å². The quantitative estimate of drug-likeness (QED) is 0.586. The normalized spacial score (nSPS) is 18.5. The molecule has 1 heterocycles. The number of hydrogen-bond donors (Lipinski definition) is 1. The van der Waals surface area contributed by atoms with Crippen molar-refractivity contribution in [1.82, 2.24) is 9.97 Å². The number of aryl methyl sites for hydroxylation is 1. The van der Waals surface area contributed by atoms with Gasteiger partial charge in [-0.1, -0.05) is 48.4 Å². The number of rotatable bonds is 7. The Hall–Kier alpha value is -2.72. The van der Waals surface area contributed by atoms with Crippen molar-refractivity contribution in [3.8, 4) is 5.75 Å². The van der Waals surface area contributed by atoms with E-state index in [0.29, 0.717) is 18.3 Å². The van der Waals surface area contributed by atoms with Crippen LogP contribution in [0.4, 0.5) is 0 Å². The standard InChI is InChI=1S/C26H28N2O2/c1-18-3-7-20(8-4-18)26(14-2-15-26)21-9-11-23(12-10-21)30-17-22-13-16-27-25(28-22)24(29)19-5-6-19/h3-4,7-13,16,19,24,29H,2,5-6,14-15,17H2,1H3. The Morgan fingerprint density at radius 1 is 1.00 bits per heavy atom. The van der Waals surface area contributed by atoms with Crippen LogP contribution < -0.4 is 4.74 Å². The highest BCUT2D eigenvalue weighted by Crippen LogP contribution is 2.49. The van der Waals surface area contributed by atoms with Gasteiger partial charge in [0, 0.05) is 11.6 Å². The SMILES string of the molecule is Cc1ccc(C2(c3ccc(OCc4ccnc(C(O)C5CC5)n4)cc3)CCC2)cc1. The highest BCUT2D eigenvalue weighted by molar-refractivity contribution is 5.44. The molecule has 1 N–H and O–H groups in total. The van der Waals surface area contributed by atoms with Gasteiger partial charge in [0.2, 0.25) is 0 Å². The molecule has 0 spiro atoms. The van der Waals surface area contributed by atoms with Crippen LogP contribution >= 0.6 is 0 Å². The van der Waals surface area contributed by atoms with Crippen LogP contribution in [0, 0.1) is 12.8 Å². The molecule has 3 aromatic rings. The van der Waals surface area contributed by atoms with Crippen molar-refractivity contribution in [3.63, 3.8) is 0 Å². The zero-order chi connectivity index (χ0) is 20.6. The van der Waals surface area contributed by atoms with Gasteiger partial charge in [-0.3, -0.25) is 0 Å². The minimum atomic E-state index is -0.551. The largest absolute Gasteiger partial charge is 0.487 e. The third-order valence-corrected chi connectivity index (χ3v) is 6.67. The van der Waals surface area contributed by atoms with Crippen molar-refractivity contribution >= 4 is 0 Å². The Morgan fingerprint density at radius 3 is 2.27 bits per heavy atom. The third kappa shape index (κ3) is 3.72. The second-order valence-corrected chi connectivity index (χ2v) is 8.80. The summed E-state index contributed by atoms with van der Waals surface area (Å²) in [4.78, 5) is 8.72. The lowest BCUT2D eigenvalue weighted by molar-refractivity contribution is 0.143. The highest BCUT2D eigenvalue weighted by atomic mass is 16.5. The Morgan fingerprint density at radius 2 is 1.67 bits per heavy atom. The van der Waals surface area contributed by atoms with E-state index >= 15 is 0 Å². The fourth-order valence-electron chi connectivity index (χ4n) is 4.43. The number of hydrogen-bond acceptors (Lipinski definition) is 4. The molecule has 2 aliphatic carbocycles. The van der Waals surface area contributed by atoms with Gasteiger partial charge in [-0.2, -0.15) is 0 Å². The topological polar surface area (TPSA) is 55.2 Å². The predicted octanol–water partition coefficient (Wildman–Crippen LogP) is 5.28. The number of aliphatic hydroxyl groups is 1. The van der Waals surface area contributed by atoms with Gasteiger partial charge in [-0.15, -0.1) is 0 Å². The lowest BCUT2D eigenvalue weighted by Crippen LogP contribution is -2.35. The van der Waals surface area contributed by atoms with Crippen LogP contribution in [0.2, 0.25) is 0 Å². The highest BCUT2D eigenvalue weighted by Gasteiger charge is 2.40. The van der Waals surface area contributed by atoms with Crippen LogP contribution in [0.25, 0.3) is 0 Å². The molecule has 0 aliphatic heterocycles.